The van der Waals surface area contributed by atoms with E-state index in [0.29, 0.717) is 44.0 Å². The molecule has 0 aromatic heterocycles. The highest BCUT2D eigenvalue weighted by atomic mass is 32.2. The molecule has 39 heavy (non-hydrogen) atoms. The van der Waals surface area contributed by atoms with E-state index in [1.807, 2.05) is 0 Å². The molecule has 2 fully saturated rings. The van der Waals surface area contributed by atoms with Gasteiger partial charge >= 0.3 is 12.4 Å². The predicted molar refractivity (Wildman–Crippen MR) is 127 cm³/mol. The number of alkyl halides is 6. The fourth-order valence-electron chi connectivity index (χ4n) is 5.09. The van der Waals surface area contributed by atoms with Gasteiger partial charge < -0.3 is 10.2 Å². The van der Waals surface area contributed by atoms with Gasteiger partial charge in [0.1, 0.15) is 10.7 Å². The Bertz CT molecular complexity index is 1310. The number of amides is 1. The van der Waals surface area contributed by atoms with Gasteiger partial charge in [0, 0.05) is 25.9 Å². The van der Waals surface area contributed by atoms with Crippen molar-refractivity contribution in [1.82, 2.24) is 10.2 Å². The molecule has 2 aromatic carbocycles. The molecule has 1 saturated heterocycles. The first-order valence-electron chi connectivity index (χ1n) is 12.2. The molecule has 13 heteroatoms. The standard InChI is InChI=1S/C26H27F7N2O3S/c1-39(37,38)22-5-4-17(10-21(22)27)13-35(23(36)24(6-7-34-15-24)12-16-2-3-16)14-18-8-19(25(28,29)30)11-20(9-18)26(31,32)33/h4-5,8-11,16,34H,2-3,6-7,12-15H2,1H3. The summed E-state index contributed by atoms with van der Waals surface area (Å²) in [4.78, 5) is 14.5. The Balaban J connectivity index is 1.75. The first-order chi connectivity index (χ1) is 18.0. The van der Waals surface area contributed by atoms with E-state index in [-0.39, 0.29) is 23.7 Å². The molecular weight excluding hydrogens is 553 g/mol. The number of nitrogens with zero attached hydrogens (tertiary/aromatic N) is 1. The lowest BCUT2D eigenvalue weighted by molar-refractivity contribution is -0.143. The third kappa shape index (κ3) is 6.92. The zero-order valence-electron chi connectivity index (χ0n) is 20.9. The number of rotatable bonds is 8. The number of halogens is 7. The molecule has 1 aliphatic heterocycles. The number of benzene rings is 2. The van der Waals surface area contributed by atoms with Gasteiger partial charge in [-0.2, -0.15) is 26.3 Å². The van der Waals surface area contributed by atoms with Crippen LogP contribution in [0.25, 0.3) is 0 Å². The number of sulfone groups is 1. The fraction of sp³-hybridized carbons (Fsp3) is 0.500. The second kappa shape index (κ2) is 10.4. The number of hydrogen-bond donors (Lipinski definition) is 1. The molecule has 1 aliphatic carbocycles. The van der Waals surface area contributed by atoms with Crippen LogP contribution in [0.4, 0.5) is 30.7 Å². The van der Waals surface area contributed by atoms with E-state index >= 15 is 0 Å². The zero-order valence-corrected chi connectivity index (χ0v) is 21.7. The lowest BCUT2D eigenvalue weighted by Gasteiger charge is -2.35. The largest absolute Gasteiger partial charge is 0.416 e. The van der Waals surface area contributed by atoms with E-state index in [4.69, 9.17) is 0 Å². The Morgan fingerprint density at radius 2 is 1.56 bits per heavy atom. The summed E-state index contributed by atoms with van der Waals surface area (Å²) < 4.78 is 119. The summed E-state index contributed by atoms with van der Waals surface area (Å²) in [5.41, 5.74) is -4.15. The lowest BCUT2D eigenvalue weighted by atomic mass is 9.80. The first-order valence-corrected chi connectivity index (χ1v) is 14.1. The average molecular weight is 581 g/mol. The highest BCUT2D eigenvalue weighted by molar-refractivity contribution is 7.90. The van der Waals surface area contributed by atoms with E-state index in [0.717, 1.165) is 36.1 Å². The Hall–Kier alpha value is -2.67. The Labute approximate surface area is 221 Å². The Morgan fingerprint density at radius 1 is 0.974 bits per heavy atom. The van der Waals surface area contributed by atoms with Crippen molar-refractivity contribution in [3.63, 3.8) is 0 Å². The van der Waals surface area contributed by atoms with Crippen molar-refractivity contribution in [3.05, 3.63) is 64.5 Å². The second-order valence-electron chi connectivity index (χ2n) is 10.5. The van der Waals surface area contributed by atoms with Gasteiger partial charge in [0.05, 0.1) is 16.5 Å². The molecule has 1 heterocycles. The van der Waals surface area contributed by atoms with Crippen molar-refractivity contribution in [2.45, 2.75) is 56.0 Å². The summed E-state index contributed by atoms with van der Waals surface area (Å²) >= 11 is 0. The van der Waals surface area contributed by atoms with Crippen LogP contribution >= 0.6 is 0 Å². The van der Waals surface area contributed by atoms with Gasteiger partial charge in [0.15, 0.2) is 9.84 Å². The Kier molecular flexibility index (Phi) is 7.80. The van der Waals surface area contributed by atoms with Crippen LogP contribution in [0.2, 0.25) is 0 Å². The minimum atomic E-state index is -5.06. The molecule has 0 radical (unpaired) electrons. The van der Waals surface area contributed by atoms with Crippen LogP contribution in [0, 0.1) is 17.2 Å². The Morgan fingerprint density at radius 3 is 2.03 bits per heavy atom. The van der Waals surface area contributed by atoms with Crippen molar-refractivity contribution >= 4 is 15.7 Å². The van der Waals surface area contributed by atoms with Crippen LogP contribution in [-0.2, 0) is 40.1 Å². The molecule has 1 unspecified atom stereocenters. The van der Waals surface area contributed by atoms with Crippen LogP contribution in [-0.4, -0.2) is 38.6 Å². The van der Waals surface area contributed by atoms with Gasteiger partial charge in [-0.15, -0.1) is 0 Å². The highest BCUT2D eigenvalue weighted by Gasteiger charge is 2.47. The monoisotopic (exact) mass is 580 g/mol. The zero-order chi connectivity index (χ0) is 28.8. The molecule has 0 bridgehead atoms. The molecule has 0 spiro atoms. The number of carbonyl (C=O) groups is 1. The maximum Gasteiger partial charge on any atom is 0.416 e. The quantitative estimate of drug-likeness (QED) is 0.415. The predicted octanol–water partition coefficient (Wildman–Crippen LogP) is 5.58. The topological polar surface area (TPSA) is 66.5 Å². The van der Waals surface area contributed by atoms with Gasteiger partial charge in [0.25, 0.3) is 0 Å². The first kappa shape index (κ1) is 29.3. The minimum absolute atomic E-state index is 0.0183. The van der Waals surface area contributed by atoms with Crippen molar-refractivity contribution in [1.29, 1.82) is 0 Å². The second-order valence-corrected chi connectivity index (χ2v) is 12.5. The third-order valence-electron chi connectivity index (χ3n) is 7.15. The third-order valence-corrected chi connectivity index (χ3v) is 8.28. The number of hydrogen-bond acceptors (Lipinski definition) is 4. The SMILES string of the molecule is CS(=O)(=O)c1ccc(CN(Cc2cc(C(F)(F)F)cc(C(F)(F)F)c2)C(=O)C2(CC3CC3)CCNC2)cc1F. The molecule has 1 saturated carbocycles. The molecule has 4 rings (SSSR count). The van der Waals surface area contributed by atoms with E-state index in [1.54, 1.807) is 0 Å². The smallest absolute Gasteiger partial charge is 0.334 e. The van der Waals surface area contributed by atoms with E-state index in [1.165, 1.54) is 6.07 Å². The van der Waals surface area contributed by atoms with Crippen LogP contribution < -0.4 is 5.32 Å². The summed E-state index contributed by atoms with van der Waals surface area (Å²) in [6.07, 6.45) is -6.48. The van der Waals surface area contributed by atoms with Gasteiger partial charge in [0.2, 0.25) is 5.91 Å². The molecule has 1 atom stereocenters. The summed E-state index contributed by atoms with van der Waals surface area (Å²) in [5.74, 6) is -1.23. The molecule has 2 aromatic rings. The van der Waals surface area contributed by atoms with Crippen molar-refractivity contribution < 1.29 is 43.9 Å². The summed E-state index contributed by atoms with van der Waals surface area (Å²) in [6, 6.07) is 4.36. The maximum absolute atomic E-state index is 14.6. The molecule has 1 amide bonds. The summed E-state index contributed by atoms with van der Waals surface area (Å²) in [6.45, 7) is -0.111. The van der Waals surface area contributed by atoms with Gasteiger partial charge in [-0.05, 0) is 66.8 Å². The lowest BCUT2D eigenvalue weighted by Crippen LogP contribution is -2.45. The molecular formula is C26H27F7N2O3S. The van der Waals surface area contributed by atoms with E-state index < -0.39 is 61.9 Å². The molecule has 2 aliphatic rings. The molecule has 214 valence electrons. The van der Waals surface area contributed by atoms with Gasteiger partial charge in [-0.25, -0.2) is 12.8 Å². The minimum Gasteiger partial charge on any atom is -0.334 e. The van der Waals surface area contributed by atoms with Crippen molar-refractivity contribution in [3.8, 4) is 0 Å². The highest BCUT2D eigenvalue weighted by Crippen LogP contribution is 2.45. The van der Waals surface area contributed by atoms with Crippen molar-refractivity contribution in [2.24, 2.45) is 11.3 Å². The molecule has 1 N–H and O–H groups in total. The van der Waals surface area contributed by atoms with Gasteiger partial charge in [-0.3, -0.25) is 4.79 Å². The maximum atomic E-state index is 14.6. The number of nitrogens with one attached hydrogen (secondary N) is 1. The molecule has 5 nitrogen and oxygen atoms in total. The normalized spacial score (nSPS) is 20.3. The van der Waals surface area contributed by atoms with Gasteiger partial charge in [-0.1, -0.05) is 18.9 Å². The van der Waals surface area contributed by atoms with Crippen molar-refractivity contribution in [2.75, 3.05) is 19.3 Å². The van der Waals surface area contributed by atoms with Crippen LogP contribution in [0.15, 0.2) is 41.3 Å². The van der Waals surface area contributed by atoms with E-state index in [9.17, 15) is 43.9 Å². The number of carbonyl (C=O) groups excluding carboxylic acids is 1. The summed E-state index contributed by atoms with van der Waals surface area (Å²) in [5, 5.41) is 3.13. The van der Waals surface area contributed by atoms with E-state index in [2.05, 4.69) is 5.32 Å². The average Bonchev–Trinajstić information content (AvgIpc) is 3.49. The van der Waals surface area contributed by atoms with Crippen LogP contribution in [0.5, 0.6) is 0 Å². The van der Waals surface area contributed by atoms with Crippen LogP contribution in [0.1, 0.15) is 47.9 Å². The summed E-state index contributed by atoms with van der Waals surface area (Å²) in [7, 11) is -3.89. The fourth-order valence-corrected chi connectivity index (χ4v) is 5.82. The van der Waals surface area contributed by atoms with Crippen LogP contribution in [0.3, 0.4) is 0 Å².